The molecule has 0 spiro atoms. The van der Waals surface area contributed by atoms with Gasteiger partial charge in [0.2, 0.25) is 10.0 Å². The van der Waals surface area contributed by atoms with E-state index in [-0.39, 0.29) is 23.4 Å². The molecular formula is C27H21F5N4O4S. The number of nitriles is 1. The Morgan fingerprint density at radius 2 is 1.66 bits per heavy atom. The summed E-state index contributed by atoms with van der Waals surface area (Å²) >= 11 is 0. The number of urea groups is 1. The predicted octanol–water partition coefficient (Wildman–Crippen LogP) is 5.54. The minimum absolute atomic E-state index is 0.00208. The number of nitrogens with one attached hydrogen (secondary N) is 1. The number of alkyl halides is 3. The second-order valence-corrected chi connectivity index (χ2v) is 11.4. The van der Waals surface area contributed by atoms with E-state index in [9.17, 15) is 40.0 Å². The zero-order valence-electron chi connectivity index (χ0n) is 21.5. The van der Waals surface area contributed by atoms with Crippen molar-refractivity contribution >= 4 is 33.3 Å². The number of benzene rings is 3. The number of halogens is 5. The largest absolute Gasteiger partial charge is 0.417 e. The summed E-state index contributed by atoms with van der Waals surface area (Å²) in [6.45, 7) is 2.43. The second kappa shape index (κ2) is 10.5. The van der Waals surface area contributed by atoms with Crippen LogP contribution < -0.4 is 9.62 Å². The SMILES string of the molecule is CC1(C)C(=O)N(c2ccc(C#N)c(C(F)(F)F)c2)C(=O)N1Cc1ccccc1NS(=O)(=O)Cc1ccc(F)cc1F. The first kappa shape index (κ1) is 29.5. The highest BCUT2D eigenvalue weighted by atomic mass is 32.2. The van der Waals surface area contributed by atoms with E-state index >= 15 is 0 Å². The van der Waals surface area contributed by atoms with Gasteiger partial charge in [-0.15, -0.1) is 0 Å². The van der Waals surface area contributed by atoms with Crippen molar-refractivity contribution < 1.29 is 40.0 Å². The van der Waals surface area contributed by atoms with Gasteiger partial charge in [-0.3, -0.25) is 9.52 Å². The summed E-state index contributed by atoms with van der Waals surface area (Å²) in [5, 5.41) is 9.06. The predicted molar refractivity (Wildman–Crippen MR) is 138 cm³/mol. The highest BCUT2D eigenvalue weighted by Crippen LogP contribution is 2.38. The maximum absolute atomic E-state index is 14.1. The van der Waals surface area contributed by atoms with E-state index < -0.39 is 67.9 Å². The van der Waals surface area contributed by atoms with Crippen LogP contribution in [0.2, 0.25) is 0 Å². The lowest BCUT2D eigenvalue weighted by atomic mass is 10.0. The van der Waals surface area contributed by atoms with E-state index in [2.05, 4.69) is 4.72 Å². The normalized spacial score (nSPS) is 15.3. The van der Waals surface area contributed by atoms with Crippen LogP contribution in [0.3, 0.4) is 0 Å². The van der Waals surface area contributed by atoms with E-state index in [0.717, 1.165) is 29.2 Å². The smallest absolute Gasteiger partial charge is 0.305 e. The number of para-hydroxylation sites is 1. The fourth-order valence-electron chi connectivity index (χ4n) is 4.31. The van der Waals surface area contributed by atoms with Crippen molar-refractivity contribution in [1.82, 2.24) is 4.90 Å². The molecule has 3 aromatic rings. The highest BCUT2D eigenvalue weighted by Gasteiger charge is 2.52. The van der Waals surface area contributed by atoms with Gasteiger partial charge < -0.3 is 4.90 Å². The van der Waals surface area contributed by atoms with Crippen LogP contribution in [0.5, 0.6) is 0 Å². The summed E-state index contributed by atoms with van der Waals surface area (Å²) in [5.74, 6) is -3.60. The Morgan fingerprint density at radius 1 is 0.976 bits per heavy atom. The van der Waals surface area contributed by atoms with Crippen molar-refractivity contribution in [2.45, 2.75) is 37.9 Å². The number of carbonyl (C=O) groups is 2. The summed E-state index contributed by atoms with van der Waals surface area (Å²) in [4.78, 5) is 28.3. The summed E-state index contributed by atoms with van der Waals surface area (Å²) in [6.07, 6.45) is -4.92. The first-order valence-corrected chi connectivity index (χ1v) is 13.5. The summed E-state index contributed by atoms with van der Waals surface area (Å²) < 4.78 is 95.8. The number of amides is 3. The van der Waals surface area contributed by atoms with Crippen LogP contribution in [-0.4, -0.2) is 30.8 Å². The monoisotopic (exact) mass is 592 g/mol. The maximum Gasteiger partial charge on any atom is 0.417 e. The molecule has 1 aliphatic rings. The molecule has 0 aliphatic carbocycles. The molecule has 0 unspecified atom stereocenters. The van der Waals surface area contributed by atoms with E-state index in [1.54, 1.807) is 0 Å². The molecule has 8 nitrogen and oxygen atoms in total. The minimum Gasteiger partial charge on any atom is -0.305 e. The number of sulfonamides is 1. The molecule has 214 valence electrons. The second-order valence-electron chi connectivity index (χ2n) is 9.66. The molecule has 1 aliphatic heterocycles. The van der Waals surface area contributed by atoms with Gasteiger partial charge in [-0.2, -0.15) is 18.4 Å². The van der Waals surface area contributed by atoms with Gasteiger partial charge in [0.15, 0.2) is 0 Å². The van der Waals surface area contributed by atoms with E-state index in [4.69, 9.17) is 5.26 Å². The van der Waals surface area contributed by atoms with Crippen LogP contribution in [0.15, 0.2) is 60.7 Å². The molecule has 0 saturated carbocycles. The molecule has 0 bridgehead atoms. The molecule has 1 heterocycles. The molecule has 1 saturated heterocycles. The third-order valence-electron chi connectivity index (χ3n) is 6.48. The van der Waals surface area contributed by atoms with Crippen molar-refractivity contribution in [3.63, 3.8) is 0 Å². The summed E-state index contributed by atoms with van der Waals surface area (Å²) in [6, 6.07) is 11.3. The molecule has 0 aromatic heterocycles. The minimum atomic E-state index is -4.92. The van der Waals surface area contributed by atoms with Crippen LogP contribution >= 0.6 is 0 Å². The lowest BCUT2D eigenvalue weighted by molar-refractivity contribution is -0.137. The van der Waals surface area contributed by atoms with Crippen molar-refractivity contribution in [3.05, 3.63) is 94.6 Å². The number of hydrogen-bond acceptors (Lipinski definition) is 5. The standard InChI is InChI=1S/C27H21F5N4O4S/c1-26(2)24(37)36(20-10-8-16(13-33)21(12-20)27(30,31)32)25(38)35(26)14-17-5-3-4-6-23(17)34-41(39,40)15-18-7-9-19(28)11-22(18)29/h3-12,34H,14-15H2,1-2H3. The Balaban J connectivity index is 1.64. The Labute approximate surface area is 231 Å². The molecule has 1 fully saturated rings. The third-order valence-corrected chi connectivity index (χ3v) is 7.70. The van der Waals surface area contributed by atoms with Crippen molar-refractivity contribution in [2.24, 2.45) is 0 Å². The van der Waals surface area contributed by atoms with Crippen molar-refractivity contribution in [1.29, 1.82) is 5.26 Å². The first-order valence-electron chi connectivity index (χ1n) is 11.8. The fraction of sp³-hybridized carbons (Fsp3) is 0.222. The number of hydrogen-bond donors (Lipinski definition) is 1. The van der Waals surface area contributed by atoms with Gasteiger partial charge in [0.25, 0.3) is 5.91 Å². The van der Waals surface area contributed by atoms with E-state index in [0.29, 0.717) is 17.0 Å². The molecule has 0 atom stereocenters. The van der Waals surface area contributed by atoms with E-state index in [1.165, 1.54) is 44.2 Å². The van der Waals surface area contributed by atoms with Gasteiger partial charge in [-0.05, 0) is 49.7 Å². The summed E-state index contributed by atoms with van der Waals surface area (Å²) in [7, 11) is -4.24. The Hall–Kier alpha value is -4.51. The molecule has 3 amide bonds. The lowest BCUT2D eigenvalue weighted by Crippen LogP contribution is -2.43. The first-order chi connectivity index (χ1) is 19.0. The molecule has 3 aromatic carbocycles. The van der Waals surface area contributed by atoms with Crippen molar-refractivity contribution in [2.75, 3.05) is 9.62 Å². The Kier molecular flexibility index (Phi) is 7.53. The molecule has 1 N–H and O–H groups in total. The zero-order valence-corrected chi connectivity index (χ0v) is 22.3. The number of rotatable bonds is 7. The van der Waals surface area contributed by atoms with Crippen LogP contribution in [0, 0.1) is 23.0 Å². The third kappa shape index (κ3) is 5.85. The summed E-state index contributed by atoms with van der Waals surface area (Å²) in [5.41, 5.74) is -4.01. The molecule has 0 radical (unpaired) electrons. The molecular weight excluding hydrogens is 571 g/mol. The Bertz CT molecular complexity index is 1700. The van der Waals surface area contributed by atoms with E-state index in [1.807, 2.05) is 0 Å². The number of anilines is 2. The van der Waals surface area contributed by atoms with Crippen LogP contribution in [-0.2, 0) is 33.3 Å². The number of carbonyl (C=O) groups excluding carboxylic acids is 2. The van der Waals surface area contributed by atoms with Crippen LogP contribution in [0.1, 0.15) is 36.1 Å². The zero-order chi connectivity index (χ0) is 30.3. The average molecular weight is 593 g/mol. The van der Waals surface area contributed by atoms with Crippen molar-refractivity contribution in [3.8, 4) is 6.07 Å². The number of nitrogens with zero attached hydrogens (tertiary/aromatic N) is 3. The molecule has 14 heteroatoms. The molecule has 41 heavy (non-hydrogen) atoms. The van der Waals surface area contributed by atoms with Gasteiger partial charge >= 0.3 is 12.2 Å². The molecule has 4 rings (SSSR count). The van der Waals surface area contributed by atoms with Gasteiger partial charge in [-0.25, -0.2) is 26.9 Å². The van der Waals surface area contributed by atoms with Gasteiger partial charge in [0.1, 0.15) is 17.2 Å². The lowest BCUT2D eigenvalue weighted by Gasteiger charge is -2.28. The van der Waals surface area contributed by atoms with Gasteiger partial charge in [-0.1, -0.05) is 24.3 Å². The maximum atomic E-state index is 14.1. The number of imide groups is 1. The van der Waals surface area contributed by atoms with Gasteiger partial charge in [0, 0.05) is 11.6 Å². The van der Waals surface area contributed by atoms with Crippen LogP contribution in [0.4, 0.5) is 38.1 Å². The van der Waals surface area contributed by atoms with Crippen LogP contribution in [0.25, 0.3) is 0 Å². The average Bonchev–Trinajstić information content (AvgIpc) is 3.04. The van der Waals surface area contributed by atoms with Gasteiger partial charge in [0.05, 0.1) is 40.9 Å². The fourth-order valence-corrected chi connectivity index (χ4v) is 5.56. The topological polar surface area (TPSA) is 111 Å². The highest BCUT2D eigenvalue weighted by molar-refractivity contribution is 7.91. The Morgan fingerprint density at radius 3 is 2.29 bits per heavy atom. The quantitative estimate of drug-likeness (QED) is 0.286.